The zero-order valence-corrected chi connectivity index (χ0v) is 20.9. The number of hydrogen-bond acceptors (Lipinski definition) is 4. The van der Waals surface area contributed by atoms with Gasteiger partial charge in [0, 0.05) is 24.2 Å². The molecule has 3 aromatic rings. The lowest BCUT2D eigenvalue weighted by Gasteiger charge is -2.25. The molecular weight excluding hydrogens is 472 g/mol. The molecule has 0 bridgehead atoms. The summed E-state index contributed by atoms with van der Waals surface area (Å²) in [4.78, 5) is 15.2. The molecule has 0 radical (unpaired) electrons. The SMILES string of the molecule is Cc1ccc(C#N)cc1-c1ccc2c(c1)C1(CCCC1)CN2C(=O)NCc1ccc(S(N)(=O)=O)cc1. The summed E-state index contributed by atoms with van der Waals surface area (Å²) in [5, 5.41) is 17.5. The number of carbonyl (C=O) groups excluding carboxylic acids is 1. The van der Waals surface area contributed by atoms with Gasteiger partial charge in [0.1, 0.15) is 0 Å². The zero-order valence-electron chi connectivity index (χ0n) is 20.1. The Morgan fingerprint density at radius 3 is 2.47 bits per heavy atom. The lowest BCUT2D eigenvalue weighted by molar-refractivity contribution is 0.245. The van der Waals surface area contributed by atoms with Crippen molar-refractivity contribution >= 4 is 21.7 Å². The quantitative estimate of drug-likeness (QED) is 0.539. The van der Waals surface area contributed by atoms with Gasteiger partial charge >= 0.3 is 6.03 Å². The third-order valence-electron chi connectivity index (χ3n) is 7.50. The lowest BCUT2D eigenvalue weighted by atomic mass is 9.79. The van der Waals surface area contributed by atoms with Gasteiger partial charge in [0.05, 0.1) is 16.5 Å². The molecule has 1 heterocycles. The van der Waals surface area contributed by atoms with Crippen molar-refractivity contribution in [3.8, 4) is 17.2 Å². The highest BCUT2D eigenvalue weighted by Gasteiger charge is 2.46. The minimum atomic E-state index is -3.75. The molecule has 3 N–H and O–H groups in total. The summed E-state index contributed by atoms with van der Waals surface area (Å²) in [6.07, 6.45) is 4.36. The highest BCUT2D eigenvalue weighted by atomic mass is 32.2. The molecular formula is C28H28N4O3S. The minimum absolute atomic E-state index is 0.0422. The Kier molecular flexibility index (Phi) is 6.07. The van der Waals surface area contributed by atoms with Gasteiger partial charge in [0.25, 0.3) is 0 Å². The molecule has 2 aliphatic rings. The van der Waals surface area contributed by atoms with Gasteiger partial charge in [-0.15, -0.1) is 0 Å². The summed E-state index contributed by atoms with van der Waals surface area (Å²) in [7, 11) is -3.75. The number of carbonyl (C=O) groups is 1. The molecule has 1 aliphatic carbocycles. The molecule has 8 heteroatoms. The van der Waals surface area contributed by atoms with Crippen LogP contribution < -0.4 is 15.4 Å². The largest absolute Gasteiger partial charge is 0.334 e. The van der Waals surface area contributed by atoms with E-state index in [2.05, 4.69) is 17.5 Å². The average molecular weight is 501 g/mol. The molecule has 1 spiro atoms. The maximum Gasteiger partial charge on any atom is 0.322 e. The van der Waals surface area contributed by atoms with Crippen LogP contribution in [0, 0.1) is 18.3 Å². The van der Waals surface area contributed by atoms with Crippen LogP contribution in [-0.4, -0.2) is 21.0 Å². The fraction of sp³-hybridized carbons (Fsp3) is 0.286. The van der Waals surface area contributed by atoms with Crippen LogP contribution in [-0.2, 0) is 22.0 Å². The van der Waals surface area contributed by atoms with E-state index < -0.39 is 10.0 Å². The van der Waals surface area contributed by atoms with Crippen molar-refractivity contribution in [2.24, 2.45) is 5.14 Å². The van der Waals surface area contributed by atoms with Crippen LogP contribution in [0.1, 0.15) is 47.9 Å². The summed E-state index contributed by atoms with van der Waals surface area (Å²) in [6.45, 7) is 2.96. The lowest BCUT2D eigenvalue weighted by Crippen LogP contribution is -2.41. The molecule has 0 aromatic heterocycles. The standard InChI is InChI=1S/C28H28N4O3S/c1-19-4-5-21(16-29)14-24(19)22-8-11-26-25(15-22)28(12-2-3-13-28)18-32(26)27(33)31-17-20-6-9-23(10-7-20)36(30,34)35/h4-11,14-15H,2-3,12-13,17-18H2,1H3,(H,31,33)(H2,30,34,35). The summed E-state index contributed by atoms with van der Waals surface area (Å²) in [6, 6.07) is 20.3. The Bertz CT molecular complexity index is 1480. The number of urea groups is 1. The van der Waals surface area contributed by atoms with Crippen molar-refractivity contribution in [2.75, 3.05) is 11.4 Å². The van der Waals surface area contributed by atoms with Gasteiger partial charge in [0.2, 0.25) is 10.0 Å². The Balaban J connectivity index is 1.42. The second kappa shape index (κ2) is 9.08. The number of nitrogens with one attached hydrogen (secondary N) is 1. The van der Waals surface area contributed by atoms with Crippen LogP contribution in [0.4, 0.5) is 10.5 Å². The van der Waals surface area contributed by atoms with Crippen LogP contribution >= 0.6 is 0 Å². The summed E-state index contributed by atoms with van der Waals surface area (Å²) >= 11 is 0. The summed E-state index contributed by atoms with van der Waals surface area (Å²) < 4.78 is 23.0. The Labute approximate surface area is 211 Å². The highest BCUT2D eigenvalue weighted by molar-refractivity contribution is 7.89. The molecule has 0 saturated heterocycles. The maximum atomic E-state index is 13.3. The average Bonchev–Trinajstić information content (AvgIpc) is 3.48. The number of rotatable bonds is 4. The smallest absolute Gasteiger partial charge is 0.322 e. The zero-order chi connectivity index (χ0) is 25.5. The fourth-order valence-corrected chi connectivity index (χ4v) is 6.09. The third kappa shape index (κ3) is 4.36. The predicted octanol–water partition coefficient (Wildman–Crippen LogP) is 4.72. The van der Waals surface area contributed by atoms with Crippen LogP contribution in [0.5, 0.6) is 0 Å². The molecule has 184 valence electrons. The molecule has 1 aliphatic heterocycles. The van der Waals surface area contributed by atoms with E-state index in [9.17, 15) is 18.5 Å². The van der Waals surface area contributed by atoms with Gasteiger partial charge in [-0.3, -0.25) is 4.90 Å². The van der Waals surface area contributed by atoms with Gasteiger partial charge in [-0.25, -0.2) is 18.4 Å². The molecule has 0 atom stereocenters. The molecule has 1 saturated carbocycles. The first-order valence-corrected chi connectivity index (χ1v) is 13.6. The molecule has 36 heavy (non-hydrogen) atoms. The maximum absolute atomic E-state index is 13.3. The number of primary sulfonamides is 1. The number of anilines is 1. The number of amides is 2. The van der Waals surface area contributed by atoms with Crippen LogP contribution in [0.15, 0.2) is 65.6 Å². The summed E-state index contributed by atoms with van der Waals surface area (Å²) in [5.74, 6) is 0. The first-order valence-electron chi connectivity index (χ1n) is 12.0. The van der Waals surface area contributed by atoms with Crippen LogP contribution in [0.2, 0.25) is 0 Å². The molecule has 3 aromatic carbocycles. The van der Waals surface area contributed by atoms with E-state index in [1.807, 2.05) is 42.2 Å². The van der Waals surface area contributed by atoms with E-state index in [0.717, 1.165) is 53.6 Å². The van der Waals surface area contributed by atoms with Crippen molar-refractivity contribution in [3.05, 3.63) is 82.9 Å². The second-order valence-corrected chi connectivity index (χ2v) is 11.4. The first kappa shape index (κ1) is 24.0. The second-order valence-electron chi connectivity index (χ2n) is 9.79. The van der Waals surface area contributed by atoms with Crippen molar-refractivity contribution < 1.29 is 13.2 Å². The number of benzene rings is 3. The Morgan fingerprint density at radius 1 is 1.08 bits per heavy atom. The van der Waals surface area contributed by atoms with Gasteiger partial charge in [-0.2, -0.15) is 5.26 Å². The van der Waals surface area contributed by atoms with E-state index in [1.54, 1.807) is 12.1 Å². The third-order valence-corrected chi connectivity index (χ3v) is 8.43. The molecule has 0 unspecified atom stereocenters. The number of sulfonamides is 1. The van der Waals surface area contributed by atoms with Crippen molar-refractivity contribution in [3.63, 3.8) is 0 Å². The summed E-state index contributed by atoms with van der Waals surface area (Å²) in [5.41, 5.74) is 6.70. The van der Waals surface area contributed by atoms with E-state index in [4.69, 9.17) is 5.14 Å². The molecule has 5 rings (SSSR count). The van der Waals surface area contributed by atoms with Gasteiger partial charge in [-0.05, 0) is 84.0 Å². The van der Waals surface area contributed by atoms with E-state index in [1.165, 1.54) is 17.7 Å². The Hall–Kier alpha value is -3.67. The van der Waals surface area contributed by atoms with Gasteiger partial charge < -0.3 is 5.32 Å². The van der Waals surface area contributed by atoms with E-state index in [0.29, 0.717) is 12.1 Å². The molecule has 2 amide bonds. The fourth-order valence-electron chi connectivity index (χ4n) is 5.57. The van der Waals surface area contributed by atoms with Crippen molar-refractivity contribution in [1.82, 2.24) is 5.32 Å². The number of hydrogen-bond donors (Lipinski definition) is 2. The Morgan fingerprint density at radius 2 is 1.81 bits per heavy atom. The monoisotopic (exact) mass is 500 g/mol. The van der Waals surface area contributed by atoms with Gasteiger partial charge in [0.15, 0.2) is 0 Å². The van der Waals surface area contributed by atoms with Crippen molar-refractivity contribution in [1.29, 1.82) is 5.26 Å². The number of nitrogens with zero attached hydrogens (tertiary/aromatic N) is 2. The van der Waals surface area contributed by atoms with Crippen LogP contribution in [0.3, 0.4) is 0 Å². The van der Waals surface area contributed by atoms with Crippen LogP contribution in [0.25, 0.3) is 11.1 Å². The predicted molar refractivity (Wildman–Crippen MR) is 139 cm³/mol. The highest BCUT2D eigenvalue weighted by Crippen LogP contribution is 2.51. The van der Waals surface area contributed by atoms with E-state index in [-0.39, 0.29) is 22.9 Å². The number of nitrogens with two attached hydrogens (primary N) is 1. The number of nitriles is 1. The normalized spacial score (nSPS) is 16.1. The topological polar surface area (TPSA) is 116 Å². The molecule has 7 nitrogen and oxygen atoms in total. The first-order chi connectivity index (χ1) is 17.2. The van der Waals surface area contributed by atoms with Crippen molar-refractivity contribution in [2.45, 2.75) is 49.5 Å². The minimum Gasteiger partial charge on any atom is -0.334 e. The number of fused-ring (bicyclic) bond motifs is 2. The van der Waals surface area contributed by atoms with Gasteiger partial charge in [-0.1, -0.05) is 37.1 Å². The molecule has 1 fully saturated rings. The number of aryl methyl sites for hydroxylation is 1. The van der Waals surface area contributed by atoms with E-state index >= 15 is 0 Å².